The number of hydrogen-bond donors (Lipinski definition) is 4. The van der Waals surface area contributed by atoms with Gasteiger partial charge < -0.3 is 10.8 Å². The molecule has 0 fully saturated rings. The highest BCUT2D eigenvalue weighted by Crippen LogP contribution is 2.10. The van der Waals surface area contributed by atoms with Crippen molar-refractivity contribution < 1.29 is 14.7 Å². The van der Waals surface area contributed by atoms with Gasteiger partial charge >= 0.3 is 0 Å². The lowest BCUT2D eigenvalue weighted by Gasteiger charge is -2.18. The number of amides is 2. The first-order valence-electron chi connectivity index (χ1n) is 6.82. The zero-order valence-corrected chi connectivity index (χ0v) is 13.8. The number of nitrogens with one attached hydrogen (secondary N) is 2. The molecular formula is C14H20ClN3O3S. The summed E-state index contributed by atoms with van der Waals surface area (Å²) in [5.41, 5.74) is 10.4. The molecular weight excluding hydrogens is 326 g/mol. The molecule has 0 aliphatic carbocycles. The van der Waals surface area contributed by atoms with E-state index in [2.05, 4.69) is 10.9 Å². The van der Waals surface area contributed by atoms with Gasteiger partial charge in [0.1, 0.15) is 6.10 Å². The SMILES string of the molecule is CCSCC[C@@H](N)[C@H](O)C(=O)NNC(=O)c1cccc(Cl)c1. The monoisotopic (exact) mass is 345 g/mol. The molecule has 1 aromatic rings. The molecule has 6 nitrogen and oxygen atoms in total. The predicted octanol–water partition coefficient (Wildman–Crippen LogP) is 0.932. The fourth-order valence-electron chi connectivity index (χ4n) is 1.61. The van der Waals surface area contributed by atoms with Gasteiger partial charge in [0.2, 0.25) is 0 Å². The molecule has 0 radical (unpaired) electrons. The summed E-state index contributed by atoms with van der Waals surface area (Å²) in [6, 6.07) is 5.59. The Morgan fingerprint density at radius 1 is 1.41 bits per heavy atom. The van der Waals surface area contributed by atoms with Crippen molar-refractivity contribution in [2.45, 2.75) is 25.5 Å². The molecule has 0 spiro atoms. The van der Waals surface area contributed by atoms with Crippen LogP contribution < -0.4 is 16.6 Å². The van der Waals surface area contributed by atoms with Crippen LogP contribution in [0.3, 0.4) is 0 Å². The molecule has 22 heavy (non-hydrogen) atoms. The van der Waals surface area contributed by atoms with E-state index < -0.39 is 24.0 Å². The van der Waals surface area contributed by atoms with E-state index in [9.17, 15) is 14.7 Å². The quantitative estimate of drug-likeness (QED) is 0.435. The molecule has 0 aliphatic rings. The molecule has 0 aliphatic heterocycles. The van der Waals surface area contributed by atoms with Gasteiger partial charge in [0.15, 0.2) is 0 Å². The Bertz CT molecular complexity index is 516. The zero-order chi connectivity index (χ0) is 16.5. The number of hydrazine groups is 1. The molecule has 122 valence electrons. The van der Waals surface area contributed by atoms with E-state index in [1.807, 2.05) is 6.92 Å². The number of carbonyl (C=O) groups is 2. The highest BCUT2D eigenvalue weighted by molar-refractivity contribution is 7.99. The number of benzene rings is 1. The van der Waals surface area contributed by atoms with Crippen LogP contribution in [0.15, 0.2) is 24.3 Å². The van der Waals surface area contributed by atoms with Crippen molar-refractivity contribution in [3.05, 3.63) is 34.9 Å². The maximum absolute atomic E-state index is 11.8. The summed E-state index contributed by atoms with van der Waals surface area (Å²) in [6.07, 6.45) is -0.868. The maximum atomic E-state index is 11.8. The van der Waals surface area contributed by atoms with E-state index in [-0.39, 0.29) is 0 Å². The number of thioether (sulfide) groups is 1. The minimum Gasteiger partial charge on any atom is -0.382 e. The van der Waals surface area contributed by atoms with Crippen LogP contribution in [0.4, 0.5) is 0 Å². The van der Waals surface area contributed by atoms with Gasteiger partial charge in [-0.25, -0.2) is 0 Å². The van der Waals surface area contributed by atoms with E-state index in [1.54, 1.807) is 30.0 Å². The average Bonchev–Trinajstić information content (AvgIpc) is 2.51. The Labute approximate surface area is 138 Å². The molecule has 2 amide bonds. The van der Waals surface area contributed by atoms with Crippen LogP contribution in [0.2, 0.25) is 5.02 Å². The Hall–Kier alpha value is -1.28. The summed E-state index contributed by atoms with van der Waals surface area (Å²) in [7, 11) is 0. The van der Waals surface area contributed by atoms with Gasteiger partial charge in [-0.3, -0.25) is 20.4 Å². The van der Waals surface area contributed by atoms with E-state index >= 15 is 0 Å². The molecule has 0 saturated carbocycles. The van der Waals surface area contributed by atoms with Crippen molar-refractivity contribution >= 4 is 35.2 Å². The Kier molecular flexibility index (Phi) is 8.26. The van der Waals surface area contributed by atoms with Crippen LogP contribution in [0.25, 0.3) is 0 Å². The smallest absolute Gasteiger partial charge is 0.269 e. The Balaban J connectivity index is 2.42. The molecule has 0 unspecified atom stereocenters. The molecule has 5 N–H and O–H groups in total. The van der Waals surface area contributed by atoms with Crippen molar-refractivity contribution in [1.82, 2.24) is 10.9 Å². The van der Waals surface area contributed by atoms with E-state index in [1.165, 1.54) is 6.07 Å². The third kappa shape index (κ3) is 6.23. The van der Waals surface area contributed by atoms with Gasteiger partial charge in [0.25, 0.3) is 11.8 Å². The van der Waals surface area contributed by atoms with Crippen LogP contribution >= 0.6 is 23.4 Å². The molecule has 0 bridgehead atoms. The molecule has 0 saturated heterocycles. The lowest BCUT2D eigenvalue weighted by molar-refractivity contribution is -0.131. The molecule has 8 heteroatoms. The number of carbonyl (C=O) groups excluding carboxylic acids is 2. The topological polar surface area (TPSA) is 104 Å². The molecule has 0 aromatic heterocycles. The van der Waals surface area contributed by atoms with E-state index in [4.69, 9.17) is 17.3 Å². The summed E-state index contributed by atoms with van der Waals surface area (Å²) in [5, 5.41) is 10.2. The van der Waals surface area contributed by atoms with Crippen molar-refractivity contribution in [1.29, 1.82) is 0 Å². The van der Waals surface area contributed by atoms with Crippen molar-refractivity contribution in [2.24, 2.45) is 5.73 Å². The van der Waals surface area contributed by atoms with Gasteiger partial charge in [-0.1, -0.05) is 24.6 Å². The van der Waals surface area contributed by atoms with Crippen LogP contribution in [0, 0.1) is 0 Å². The third-order valence-corrected chi connectivity index (χ3v) is 4.03. The normalized spacial score (nSPS) is 13.3. The Morgan fingerprint density at radius 2 is 2.14 bits per heavy atom. The zero-order valence-electron chi connectivity index (χ0n) is 12.2. The first-order chi connectivity index (χ1) is 10.5. The van der Waals surface area contributed by atoms with Crippen molar-refractivity contribution in [3.8, 4) is 0 Å². The summed E-state index contributed by atoms with van der Waals surface area (Å²) >= 11 is 7.46. The van der Waals surface area contributed by atoms with E-state index in [0.29, 0.717) is 17.0 Å². The van der Waals surface area contributed by atoms with Crippen LogP contribution in [-0.4, -0.2) is 40.6 Å². The minimum atomic E-state index is -1.38. The molecule has 0 heterocycles. The summed E-state index contributed by atoms with van der Waals surface area (Å²) in [4.78, 5) is 23.5. The number of aliphatic hydroxyl groups is 1. The largest absolute Gasteiger partial charge is 0.382 e. The second kappa shape index (κ2) is 9.68. The van der Waals surface area contributed by atoms with Crippen LogP contribution in [0.1, 0.15) is 23.7 Å². The number of halogens is 1. The highest BCUT2D eigenvalue weighted by Gasteiger charge is 2.23. The lowest BCUT2D eigenvalue weighted by atomic mass is 10.1. The van der Waals surface area contributed by atoms with Gasteiger partial charge in [-0.15, -0.1) is 0 Å². The number of nitrogens with two attached hydrogens (primary N) is 1. The van der Waals surface area contributed by atoms with Crippen molar-refractivity contribution in [3.63, 3.8) is 0 Å². The van der Waals surface area contributed by atoms with Gasteiger partial charge in [-0.05, 0) is 36.1 Å². The predicted molar refractivity (Wildman–Crippen MR) is 88.7 cm³/mol. The molecule has 1 rings (SSSR count). The lowest BCUT2D eigenvalue weighted by Crippen LogP contribution is -2.52. The van der Waals surface area contributed by atoms with Crippen LogP contribution in [-0.2, 0) is 4.79 Å². The van der Waals surface area contributed by atoms with Crippen molar-refractivity contribution in [2.75, 3.05) is 11.5 Å². The summed E-state index contributed by atoms with van der Waals surface area (Å²) in [5.74, 6) is 0.434. The fraction of sp³-hybridized carbons (Fsp3) is 0.429. The molecule has 2 atom stereocenters. The third-order valence-electron chi connectivity index (χ3n) is 2.86. The molecule has 1 aromatic carbocycles. The number of rotatable bonds is 7. The maximum Gasteiger partial charge on any atom is 0.269 e. The minimum absolute atomic E-state index is 0.297. The van der Waals surface area contributed by atoms with Gasteiger partial charge in [0, 0.05) is 16.6 Å². The van der Waals surface area contributed by atoms with Gasteiger partial charge in [0.05, 0.1) is 0 Å². The summed E-state index contributed by atoms with van der Waals surface area (Å²) in [6.45, 7) is 2.02. The standard InChI is InChI=1S/C14H20ClN3O3S/c1-2-22-7-6-11(16)12(19)14(21)18-17-13(20)9-4-3-5-10(15)8-9/h3-5,8,11-12,19H,2,6-7,16H2,1H3,(H,17,20)(H,18,21)/t11-,12+/m1/s1. The fourth-order valence-corrected chi connectivity index (χ4v) is 2.53. The van der Waals surface area contributed by atoms with E-state index in [0.717, 1.165) is 11.5 Å². The number of aliphatic hydroxyl groups excluding tert-OH is 1. The highest BCUT2D eigenvalue weighted by atomic mass is 35.5. The van der Waals surface area contributed by atoms with Crippen LogP contribution in [0.5, 0.6) is 0 Å². The Morgan fingerprint density at radius 3 is 2.77 bits per heavy atom. The first-order valence-corrected chi connectivity index (χ1v) is 8.36. The second-order valence-corrected chi connectivity index (χ2v) is 6.38. The average molecular weight is 346 g/mol. The second-order valence-electron chi connectivity index (χ2n) is 4.55. The number of hydrogen-bond acceptors (Lipinski definition) is 5. The van der Waals surface area contributed by atoms with Gasteiger partial charge in [-0.2, -0.15) is 11.8 Å². The summed E-state index contributed by atoms with van der Waals surface area (Å²) < 4.78 is 0. The first kappa shape index (κ1) is 18.8.